The van der Waals surface area contributed by atoms with Gasteiger partial charge < -0.3 is 14.4 Å². The average molecular weight is 634 g/mol. The van der Waals surface area contributed by atoms with Crippen LogP contribution in [0.1, 0.15) is 54.4 Å². The molecule has 1 amide bonds. The SMILES string of the molecule is Cc1cc(-n2ccc(OCCC3(C(F)(F)F)CC3)n2)nc2c1C(=O)N(C)S(=O)(=O)c1ccc(cc1)OCCCC1CCN2C1. The summed E-state index contributed by atoms with van der Waals surface area (Å²) in [6.07, 6.45) is 0.0381. The number of fused-ring (bicyclic) bond motifs is 7. The maximum Gasteiger partial charge on any atom is 0.394 e. The molecule has 44 heavy (non-hydrogen) atoms. The lowest BCUT2D eigenvalue weighted by atomic mass is 10.0. The Hall–Kier alpha value is -3.81. The molecule has 1 saturated heterocycles. The van der Waals surface area contributed by atoms with Gasteiger partial charge in [0.1, 0.15) is 11.6 Å². The summed E-state index contributed by atoms with van der Waals surface area (Å²) in [5.41, 5.74) is -0.977. The summed E-state index contributed by atoms with van der Waals surface area (Å²) in [5, 5.41) is 4.37. The van der Waals surface area contributed by atoms with Crippen LogP contribution in [0, 0.1) is 18.3 Å². The number of anilines is 1. The molecule has 7 rings (SSSR count). The zero-order chi connectivity index (χ0) is 31.3. The molecule has 0 N–H and O–H groups in total. The summed E-state index contributed by atoms with van der Waals surface area (Å²) < 4.78 is 80.3. The van der Waals surface area contributed by atoms with Gasteiger partial charge in [0.15, 0.2) is 5.82 Å². The zero-order valence-electron chi connectivity index (χ0n) is 24.5. The monoisotopic (exact) mass is 633 g/mol. The molecular formula is C30H34F3N5O5S. The van der Waals surface area contributed by atoms with Crippen molar-refractivity contribution in [2.45, 2.75) is 56.5 Å². The fourth-order valence-electron chi connectivity index (χ4n) is 5.89. The lowest BCUT2D eigenvalue weighted by Gasteiger charge is -2.25. The van der Waals surface area contributed by atoms with E-state index in [1.165, 1.54) is 23.9 Å². The van der Waals surface area contributed by atoms with Crippen molar-refractivity contribution in [1.29, 1.82) is 0 Å². The molecule has 0 radical (unpaired) electrons. The first-order chi connectivity index (χ1) is 20.9. The van der Waals surface area contributed by atoms with Crippen molar-refractivity contribution in [2.24, 2.45) is 11.3 Å². The zero-order valence-corrected chi connectivity index (χ0v) is 25.3. The summed E-state index contributed by atoms with van der Waals surface area (Å²) in [7, 11) is -2.94. The Morgan fingerprint density at radius 3 is 2.59 bits per heavy atom. The van der Waals surface area contributed by atoms with E-state index in [0.29, 0.717) is 48.6 Å². The molecular weight excluding hydrogens is 599 g/mol. The van der Waals surface area contributed by atoms with Crippen LogP contribution in [0.4, 0.5) is 19.0 Å². The number of nitrogens with zero attached hydrogens (tertiary/aromatic N) is 5. The molecule has 1 aromatic carbocycles. The topological polar surface area (TPSA) is 107 Å². The number of amides is 1. The van der Waals surface area contributed by atoms with Crippen LogP contribution in [0.15, 0.2) is 47.5 Å². The minimum atomic E-state index is -4.25. The van der Waals surface area contributed by atoms with Gasteiger partial charge in [-0.05, 0) is 87.3 Å². The van der Waals surface area contributed by atoms with Crippen LogP contribution in [0.25, 0.3) is 5.82 Å². The number of carbonyl (C=O) groups is 1. The molecule has 10 nitrogen and oxygen atoms in total. The highest BCUT2D eigenvalue weighted by molar-refractivity contribution is 7.89. The number of carbonyl (C=O) groups excluding carboxylic acids is 1. The van der Waals surface area contributed by atoms with E-state index in [9.17, 15) is 26.4 Å². The van der Waals surface area contributed by atoms with Crippen molar-refractivity contribution in [3.63, 3.8) is 0 Å². The highest BCUT2D eigenvalue weighted by atomic mass is 32.2. The number of aryl methyl sites for hydroxylation is 1. The number of hydrogen-bond acceptors (Lipinski definition) is 8. The first-order valence-corrected chi connectivity index (χ1v) is 16.1. The highest BCUT2D eigenvalue weighted by Crippen LogP contribution is 2.59. The third-order valence-corrected chi connectivity index (χ3v) is 10.6. The van der Waals surface area contributed by atoms with Crippen molar-refractivity contribution in [1.82, 2.24) is 19.1 Å². The van der Waals surface area contributed by atoms with E-state index in [-0.39, 0.29) is 42.2 Å². The van der Waals surface area contributed by atoms with E-state index >= 15 is 0 Å². The second-order valence-corrected chi connectivity index (χ2v) is 13.8. The number of alkyl halides is 3. The van der Waals surface area contributed by atoms with Gasteiger partial charge in [-0.15, -0.1) is 5.10 Å². The Morgan fingerprint density at radius 1 is 1.14 bits per heavy atom. The Bertz CT molecular complexity index is 1650. The number of aromatic nitrogens is 3. The fraction of sp³-hybridized carbons (Fsp3) is 0.500. The molecule has 2 aromatic heterocycles. The number of rotatable bonds is 5. The molecule has 236 valence electrons. The standard InChI is InChI=1S/C30H34F3N5O5S/c1-20-18-24(38-15-10-25(35-38)43-17-13-29(11-12-29)30(31,32)33)34-27-26(20)28(39)36(2)44(40,41)23-7-5-22(6-8-23)42-16-3-4-21-9-14-37(27)19-21/h5-8,10,15,18,21H,3-4,9,11-14,16-17,19H2,1-2H3. The van der Waals surface area contributed by atoms with Crippen molar-refractivity contribution in [2.75, 3.05) is 38.3 Å². The predicted molar refractivity (Wildman–Crippen MR) is 155 cm³/mol. The van der Waals surface area contributed by atoms with Crippen molar-refractivity contribution < 1.29 is 35.9 Å². The molecule has 0 spiro atoms. The Labute approximate surface area is 253 Å². The van der Waals surface area contributed by atoms with Crippen LogP contribution in [-0.4, -0.2) is 72.9 Å². The van der Waals surface area contributed by atoms with Crippen LogP contribution in [-0.2, 0) is 10.0 Å². The first kappa shape index (κ1) is 30.2. The summed E-state index contributed by atoms with van der Waals surface area (Å²) in [6, 6.07) is 9.20. The quantitative estimate of drug-likeness (QED) is 0.380. The van der Waals surface area contributed by atoms with Gasteiger partial charge >= 0.3 is 6.18 Å². The summed E-state index contributed by atoms with van der Waals surface area (Å²) in [5.74, 6) is 1.07. The smallest absolute Gasteiger partial charge is 0.394 e. The van der Waals surface area contributed by atoms with Gasteiger partial charge in [0.25, 0.3) is 15.9 Å². The third-order valence-electron chi connectivity index (χ3n) is 8.86. The van der Waals surface area contributed by atoms with Gasteiger partial charge in [-0.25, -0.2) is 22.4 Å². The summed E-state index contributed by atoms with van der Waals surface area (Å²) in [4.78, 5) is 20.7. The maximum atomic E-state index is 13.9. The normalized spacial score (nSPS) is 21.2. The number of ether oxygens (including phenoxy) is 2. The van der Waals surface area contributed by atoms with Crippen LogP contribution in [0.2, 0.25) is 0 Å². The molecule has 4 bridgehead atoms. The van der Waals surface area contributed by atoms with E-state index in [2.05, 4.69) is 5.10 Å². The van der Waals surface area contributed by atoms with Crippen LogP contribution < -0.4 is 14.4 Å². The number of benzene rings is 1. The van der Waals surface area contributed by atoms with Crippen molar-refractivity contribution >= 4 is 21.7 Å². The van der Waals surface area contributed by atoms with Crippen molar-refractivity contribution in [3.05, 3.63) is 53.7 Å². The molecule has 3 aliphatic heterocycles. The van der Waals surface area contributed by atoms with Crippen LogP contribution in [0.5, 0.6) is 11.6 Å². The molecule has 14 heteroatoms. The molecule has 3 aromatic rings. The van der Waals surface area contributed by atoms with E-state index in [1.54, 1.807) is 37.4 Å². The summed E-state index contributed by atoms with van der Waals surface area (Å²) in [6.45, 7) is 3.36. The van der Waals surface area contributed by atoms with Gasteiger partial charge in [-0.2, -0.15) is 13.2 Å². The largest absolute Gasteiger partial charge is 0.494 e. The van der Waals surface area contributed by atoms with Crippen LogP contribution >= 0.6 is 0 Å². The Morgan fingerprint density at radius 2 is 1.89 bits per heavy atom. The maximum absolute atomic E-state index is 13.9. The number of hydrogen-bond donors (Lipinski definition) is 0. The van der Waals surface area contributed by atoms with Gasteiger partial charge in [0, 0.05) is 32.4 Å². The molecule has 1 unspecified atom stereocenters. The Kier molecular flexibility index (Phi) is 7.75. The lowest BCUT2D eigenvalue weighted by Crippen LogP contribution is -2.35. The van der Waals surface area contributed by atoms with E-state index in [4.69, 9.17) is 14.5 Å². The van der Waals surface area contributed by atoms with E-state index in [1.807, 2.05) is 4.90 Å². The number of halogens is 3. The lowest BCUT2D eigenvalue weighted by molar-refractivity contribution is -0.190. The van der Waals surface area contributed by atoms with Gasteiger partial charge in [0.2, 0.25) is 5.88 Å². The molecule has 4 aliphatic rings. The second-order valence-electron chi connectivity index (χ2n) is 11.8. The van der Waals surface area contributed by atoms with Gasteiger partial charge in [-0.3, -0.25) is 4.79 Å². The first-order valence-electron chi connectivity index (χ1n) is 14.7. The van der Waals surface area contributed by atoms with Crippen LogP contribution in [0.3, 0.4) is 0 Å². The third kappa shape index (κ3) is 5.71. The molecule has 1 aliphatic carbocycles. The van der Waals surface area contributed by atoms with Gasteiger partial charge in [-0.1, -0.05) is 0 Å². The Balaban J connectivity index is 1.31. The highest BCUT2D eigenvalue weighted by Gasteiger charge is 2.62. The molecule has 5 heterocycles. The number of sulfonamides is 1. The molecule has 1 saturated carbocycles. The second kappa shape index (κ2) is 11.3. The van der Waals surface area contributed by atoms with E-state index in [0.717, 1.165) is 23.6 Å². The van der Waals surface area contributed by atoms with Crippen molar-refractivity contribution in [3.8, 4) is 17.4 Å². The van der Waals surface area contributed by atoms with Gasteiger partial charge in [0.05, 0.1) is 29.1 Å². The molecule has 2 fully saturated rings. The minimum absolute atomic E-state index is 0.0373. The summed E-state index contributed by atoms with van der Waals surface area (Å²) >= 11 is 0. The minimum Gasteiger partial charge on any atom is -0.494 e. The van der Waals surface area contributed by atoms with E-state index < -0.39 is 27.5 Å². The molecule has 1 atom stereocenters. The fourth-order valence-corrected chi connectivity index (χ4v) is 7.00. The number of pyridine rings is 1. The average Bonchev–Trinajstić information content (AvgIpc) is 3.41. The predicted octanol–water partition coefficient (Wildman–Crippen LogP) is 5.15.